The molecule has 1 heterocycles. The predicted octanol–water partition coefficient (Wildman–Crippen LogP) is 4.07. The SMILES string of the molecule is CC(=O)OCC(=O)[C@@]12O[C@H](C3CCCCC3)O[C@@H]1CC1C3CCC4=CC(=O)C=C[C@]4(C)C3C(O)C[C@@]12C. The molecule has 0 radical (unpaired) electrons. The average Bonchev–Trinajstić information content (AvgIpc) is 3.36. The Morgan fingerprint density at radius 3 is 2.65 bits per heavy atom. The van der Waals surface area contributed by atoms with Gasteiger partial charge in [0.1, 0.15) is 0 Å². The fourth-order valence-corrected chi connectivity index (χ4v) is 9.49. The van der Waals surface area contributed by atoms with Gasteiger partial charge >= 0.3 is 5.97 Å². The summed E-state index contributed by atoms with van der Waals surface area (Å²) in [5.41, 5.74) is -1.16. The third-order valence-electron chi connectivity index (χ3n) is 11.1. The highest BCUT2D eigenvalue weighted by molar-refractivity contribution is 6.01. The Bertz CT molecular complexity index is 1060. The molecule has 5 aliphatic carbocycles. The van der Waals surface area contributed by atoms with Crippen LogP contribution in [0.1, 0.15) is 78.6 Å². The zero-order valence-corrected chi connectivity index (χ0v) is 22.2. The van der Waals surface area contributed by atoms with E-state index in [2.05, 4.69) is 13.8 Å². The molecule has 9 atom stereocenters. The lowest BCUT2D eigenvalue weighted by atomic mass is 9.46. The Balaban J connectivity index is 1.37. The molecule has 202 valence electrons. The minimum atomic E-state index is -1.24. The number of carbonyl (C=O) groups excluding carboxylic acids is 3. The molecule has 1 N–H and O–H groups in total. The number of esters is 1. The van der Waals surface area contributed by atoms with Gasteiger partial charge in [0.15, 0.2) is 24.3 Å². The number of Topliss-reactive ketones (excluding diaryl/α,β-unsaturated/α-hetero) is 1. The van der Waals surface area contributed by atoms with Gasteiger partial charge in [0.2, 0.25) is 5.78 Å². The van der Waals surface area contributed by atoms with Crippen molar-refractivity contribution in [2.24, 2.45) is 34.5 Å². The first kappa shape index (κ1) is 25.4. The predicted molar refractivity (Wildman–Crippen MR) is 134 cm³/mol. The molecule has 37 heavy (non-hydrogen) atoms. The summed E-state index contributed by atoms with van der Waals surface area (Å²) in [7, 11) is 0. The normalized spacial score (nSPS) is 46.9. The number of ether oxygens (including phenoxy) is 3. The van der Waals surface area contributed by atoms with Crippen molar-refractivity contribution in [3.05, 3.63) is 23.8 Å². The number of fused-ring (bicyclic) bond motifs is 7. The van der Waals surface area contributed by atoms with E-state index in [4.69, 9.17) is 14.2 Å². The van der Waals surface area contributed by atoms with Crippen molar-refractivity contribution in [3.63, 3.8) is 0 Å². The van der Waals surface area contributed by atoms with Gasteiger partial charge < -0.3 is 19.3 Å². The first-order chi connectivity index (χ1) is 17.6. The highest BCUT2D eigenvalue weighted by Gasteiger charge is 2.76. The third kappa shape index (κ3) is 3.60. The monoisotopic (exact) mass is 512 g/mol. The minimum Gasteiger partial charge on any atom is -0.458 e. The zero-order valence-electron chi connectivity index (χ0n) is 22.2. The molecule has 6 aliphatic rings. The number of hydrogen-bond donors (Lipinski definition) is 1. The van der Waals surface area contributed by atoms with Crippen molar-refractivity contribution in [1.82, 2.24) is 0 Å². The fraction of sp³-hybridized carbons (Fsp3) is 0.767. The van der Waals surface area contributed by atoms with Crippen molar-refractivity contribution in [2.45, 2.75) is 103 Å². The van der Waals surface area contributed by atoms with E-state index in [0.717, 1.165) is 44.1 Å². The third-order valence-corrected chi connectivity index (χ3v) is 11.1. The lowest BCUT2D eigenvalue weighted by Gasteiger charge is -2.59. The van der Waals surface area contributed by atoms with Crippen LogP contribution in [-0.4, -0.2) is 53.3 Å². The van der Waals surface area contributed by atoms with Gasteiger partial charge in [-0.05, 0) is 62.5 Å². The number of rotatable bonds is 4. The van der Waals surface area contributed by atoms with E-state index < -0.39 is 35.5 Å². The Hall–Kier alpha value is -1.83. The average molecular weight is 513 g/mol. The van der Waals surface area contributed by atoms with Crippen molar-refractivity contribution >= 4 is 17.5 Å². The zero-order chi connectivity index (χ0) is 26.2. The van der Waals surface area contributed by atoms with Crippen LogP contribution in [0.4, 0.5) is 0 Å². The Labute approximate surface area is 219 Å². The first-order valence-electron chi connectivity index (χ1n) is 14.2. The van der Waals surface area contributed by atoms with Gasteiger partial charge in [-0.1, -0.05) is 44.8 Å². The molecule has 1 saturated heterocycles. The molecule has 0 aromatic rings. The second kappa shape index (κ2) is 8.85. The van der Waals surface area contributed by atoms with Crippen molar-refractivity contribution in [3.8, 4) is 0 Å². The quantitative estimate of drug-likeness (QED) is 0.567. The molecule has 5 fully saturated rings. The summed E-state index contributed by atoms with van der Waals surface area (Å²) in [6, 6.07) is 0. The fourth-order valence-electron chi connectivity index (χ4n) is 9.49. The van der Waals surface area contributed by atoms with Gasteiger partial charge in [-0.25, -0.2) is 0 Å². The molecule has 4 unspecified atom stereocenters. The minimum absolute atomic E-state index is 0.0158. The number of carbonyl (C=O) groups is 3. The topological polar surface area (TPSA) is 99.1 Å². The molecule has 1 aliphatic heterocycles. The van der Waals surface area contributed by atoms with Gasteiger partial charge in [0.25, 0.3) is 0 Å². The molecular weight excluding hydrogens is 472 g/mol. The number of allylic oxidation sites excluding steroid dienone is 4. The number of aliphatic hydroxyl groups is 1. The van der Waals surface area contributed by atoms with E-state index in [-0.39, 0.29) is 47.3 Å². The second-order valence-electron chi connectivity index (χ2n) is 12.9. The van der Waals surface area contributed by atoms with Crippen molar-refractivity contribution in [2.75, 3.05) is 6.61 Å². The molecule has 0 bridgehead atoms. The Kier molecular flexibility index (Phi) is 6.09. The molecule has 4 saturated carbocycles. The maximum absolute atomic E-state index is 14.0. The van der Waals surface area contributed by atoms with Crippen LogP contribution >= 0.6 is 0 Å². The molecule has 0 spiro atoms. The summed E-state index contributed by atoms with van der Waals surface area (Å²) in [6.45, 7) is 5.22. The van der Waals surface area contributed by atoms with Crippen LogP contribution in [0.25, 0.3) is 0 Å². The maximum Gasteiger partial charge on any atom is 0.303 e. The molecule has 7 heteroatoms. The molecule has 0 aromatic carbocycles. The largest absolute Gasteiger partial charge is 0.458 e. The highest BCUT2D eigenvalue weighted by atomic mass is 16.7. The standard InChI is InChI=1S/C30H40O7/c1-17(31)35-16-24(34)30-25(36-27(37-30)18-7-5-4-6-8-18)14-22-21-10-9-19-13-20(32)11-12-28(19,2)26(21)23(33)15-29(22,30)3/h11-13,18,21-23,25-27,33H,4-10,14-16H2,1-3H3/t21?,22?,23?,25-,26?,27-,28+,29+,30-/m1/s1. The van der Waals surface area contributed by atoms with Gasteiger partial charge in [-0.2, -0.15) is 0 Å². The molecule has 7 nitrogen and oxygen atoms in total. The number of ketones is 2. The summed E-state index contributed by atoms with van der Waals surface area (Å²) < 4.78 is 18.7. The van der Waals surface area contributed by atoms with E-state index >= 15 is 0 Å². The van der Waals surface area contributed by atoms with Gasteiger partial charge in [-0.3, -0.25) is 14.4 Å². The summed E-state index contributed by atoms with van der Waals surface area (Å²) in [4.78, 5) is 37.8. The Morgan fingerprint density at radius 2 is 1.92 bits per heavy atom. The molecular formula is C30H40O7. The van der Waals surface area contributed by atoms with Gasteiger partial charge in [0, 0.05) is 29.6 Å². The lowest BCUT2D eigenvalue weighted by molar-refractivity contribution is -0.210. The second-order valence-corrected chi connectivity index (χ2v) is 12.9. The summed E-state index contributed by atoms with van der Waals surface area (Å²) in [6.07, 6.45) is 12.2. The number of hydrogen-bond acceptors (Lipinski definition) is 7. The molecule has 0 amide bonds. The van der Waals surface area contributed by atoms with E-state index in [1.165, 1.54) is 13.3 Å². The van der Waals surface area contributed by atoms with E-state index in [1.54, 1.807) is 12.2 Å². The van der Waals surface area contributed by atoms with Crippen LogP contribution < -0.4 is 0 Å². The maximum atomic E-state index is 14.0. The Morgan fingerprint density at radius 1 is 1.16 bits per heavy atom. The van der Waals surface area contributed by atoms with Gasteiger partial charge in [0.05, 0.1) is 12.2 Å². The molecule has 6 rings (SSSR count). The number of aliphatic hydroxyl groups excluding tert-OH is 1. The molecule has 0 aromatic heterocycles. The van der Waals surface area contributed by atoms with E-state index in [0.29, 0.717) is 12.8 Å². The summed E-state index contributed by atoms with van der Waals surface area (Å²) >= 11 is 0. The van der Waals surface area contributed by atoms with Crippen LogP contribution in [0, 0.1) is 34.5 Å². The van der Waals surface area contributed by atoms with Crippen molar-refractivity contribution in [1.29, 1.82) is 0 Å². The van der Waals surface area contributed by atoms with Gasteiger partial charge in [-0.15, -0.1) is 0 Å². The van der Waals surface area contributed by atoms with Crippen LogP contribution in [-0.2, 0) is 28.6 Å². The van der Waals surface area contributed by atoms with E-state index in [9.17, 15) is 19.5 Å². The van der Waals surface area contributed by atoms with Crippen LogP contribution in [0.2, 0.25) is 0 Å². The summed E-state index contributed by atoms with van der Waals surface area (Å²) in [5, 5.41) is 11.8. The first-order valence-corrected chi connectivity index (χ1v) is 14.2. The summed E-state index contributed by atoms with van der Waals surface area (Å²) in [5.74, 6) is -0.224. The highest BCUT2D eigenvalue weighted by Crippen LogP contribution is 2.70. The lowest BCUT2D eigenvalue weighted by Crippen LogP contribution is -2.63. The van der Waals surface area contributed by atoms with Crippen LogP contribution in [0.15, 0.2) is 23.8 Å². The smallest absolute Gasteiger partial charge is 0.303 e. The van der Waals surface area contributed by atoms with E-state index in [1.807, 2.05) is 6.08 Å². The van der Waals surface area contributed by atoms with Crippen LogP contribution in [0.3, 0.4) is 0 Å². The van der Waals surface area contributed by atoms with Crippen LogP contribution in [0.5, 0.6) is 0 Å². The van der Waals surface area contributed by atoms with Crippen molar-refractivity contribution < 1.29 is 33.7 Å².